The van der Waals surface area contributed by atoms with Crippen LogP contribution in [0.15, 0.2) is 91.5 Å². The molecule has 47 heavy (non-hydrogen) atoms. The average Bonchev–Trinajstić information content (AvgIpc) is 3.59. The zero-order valence-corrected chi connectivity index (χ0v) is 25.6. The quantitative estimate of drug-likeness (QED) is 0.210. The molecule has 2 aliphatic heterocycles. The van der Waals surface area contributed by atoms with Crippen molar-refractivity contribution in [3.8, 4) is 5.75 Å². The normalized spacial score (nSPS) is 15.4. The third-order valence-electron chi connectivity index (χ3n) is 8.42. The number of hydrogen-bond donors (Lipinski definition) is 3. The topological polar surface area (TPSA) is 143 Å². The third kappa shape index (κ3) is 6.25. The molecule has 7 rings (SSSR count). The SMILES string of the molecule is Cn1cc(/C=C2\Oc3ccc(NC(=O)Nc4cccnc4)cc3C2=O)c2c(N3CCC(C(=O)NCc4ccncc4)CC3)ccnc21. The van der Waals surface area contributed by atoms with Gasteiger partial charge in [0.25, 0.3) is 0 Å². The zero-order chi connectivity index (χ0) is 32.3. The largest absolute Gasteiger partial charge is 0.452 e. The highest BCUT2D eigenvalue weighted by molar-refractivity contribution is 6.16. The lowest BCUT2D eigenvalue weighted by molar-refractivity contribution is -0.125. The smallest absolute Gasteiger partial charge is 0.323 e. The van der Waals surface area contributed by atoms with Crippen molar-refractivity contribution < 1.29 is 19.1 Å². The van der Waals surface area contributed by atoms with E-state index in [1.807, 2.05) is 36.0 Å². The van der Waals surface area contributed by atoms with E-state index in [0.717, 1.165) is 40.7 Å². The molecular weight excluding hydrogens is 596 g/mol. The summed E-state index contributed by atoms with van der Waals surface area (Å²) in [5.74, 6) is 0.325. The van der Waals surface area contributed by atoms with Crippen LogP contribution < -0.4 is 25.6 Å². The molecule has 12 nitrogen and oxygen atoms in total. The molecule has 0 radical (unpaired) electrons. The van der Waals surface area contributed by atoms with Gasteiger partial charge in [-0.1, -0.05) is 0 Å². The summed E-state index contributed by atoms with van der Waals surface area (Å²) >= 11 is 0. The van der Waals surface area contributed by atoms with Gasteiger partial charge < -0.3 is 30.2 Å². The molecule has 0 aliphatic carbocycles. The summed E-state index contributed by atoms with van der Waals surface area (Å²) in [6.07, 6.45) is 13.5. The number of ether oxygens (including phenoxy) is 1. The number of fused-ring (bicyclic) bond motifs is 2. The Morgan fingerprint density at radius 3 is 2.57 bits per heavy atom. The Hall–Kier alpha value is -6.04. The van der Waals surface area contributed by atoms with Gasteiger partial charge in [0.1, 0.15) is 11.4 Å². The van der Waals surface area contributed by atoms with Gasteiger partial charge in [-0.05, 0) is 73.0 Å². The summed E-state index contributed by atoms with van der Waals surface area (Å²) < 4.78 is 7.93. The standard InChI is InChI=1S/C35H32N8O4/c1-42-21-24(17-30-32(44)27-18-25(4-5-29(27)47-30)40-35(46)41-26-3-2-11-37-20-26)31-28(8-14-38-33(31)42)43-15-9-23(10-16-43)34(45)39-19-22-6-12-36-13-7-22/h2-8,11-14,17-18,20-21,23H,9-10,15-16,19H2,1H3,(H,39,45)(H2,40,41,46)/b30-17-. The fourth-order valence-electron chi connectivity index (χ4n) is 6.05. The molecule has 2 aliphatic rings. The van der Waals surface area contributed by atoms with Crippen LogP contribution in [-0.2, 0) is 18.4 Å². The van der Waals surface area contributed by atoms with Crippen LogP contribution >= 0.6 is 0 Å². The number of nitrogens with zero attached hydrogens (tertiary/aromatic N) is 5. The number of amides is 3. The number of urea groups is 1. The molecule has 6 heterocycles. The van der Waals surface area contributed by atoms with Gasteiger partial charge in [-0.15, -0.1) is 0 Å². The zero-order valence-electron chi connectivity index (χ0n) is 25.6. The van der Waals surface area contributed by atoms with Gasteiger partial charge in [0, 0.05) is 85.9 Å². The van der Waals surface area contributed by atoms with Crippen LogP contribution in [0.1, 0.15) is 34.3 Å². The minimum absolute atomic E-state index is 0.0633. The van der Waals surface area contributed by atoms with E-state index >= 15 is 0 Å². The number of carbonyl (C=O) groups excluding carboxylic acids is 3. The number of carbonyl (C=O) groups is 3. The van der Waals surface area contributed by atoms with Crippen molar-refractivity contribution >= 4 is 51.9 Å². The van der Waals surface area contributed by atoms with Crippen molar-refractivity contribution in [3.63, 3.8) is 0 Å². The first-order chi connectivity index (χ1) is 22.9. The fourth-order valence-corrected chi connectivity index (χ4v) is 6.05. The second kappa shape index (κ2) is 12.8. The number of benzene rings is 1. The van der Waals surface area contributed by atoms with Crippen LogP contribution in [0.2, 0.25) is 0 Å². The number of allylic oxidation sites excluding steroid dienone is 1. The van der Waals surface area contributed by atoms with Crippen molar-refractivity contribution in [1.82, 2.24) is 24.8 Å². The maximum atomic E-state index is 13.5. The van der Waals surface area contributed by atoms with Gasteiger partial charge in [0.05, 0.1) is 17.4 Å². The van der Waals surface area contributed by atoms with Gasteiger partial charge in [-0.3, -0.25) is 19.6 Å². The van der Waals surface area contributed by atoms with E-state index in [1.54, 1.807) is 61.2 Å². The van der Waals surface area contributed by atoms with Crippen molar-refractivity contribution in [1.29, 1.82) is 0 Å². The maximum absolute atomic E-state index is 13.5. The predicted molar refractivity (Wildman–Crippen MR) is 178 cm³/mol. The first kappa shape index (κ1) is 29.7. The van der Waals surface area contributed by atoms with E-state index in [4.69, 9.17) is 4.74 Å². The molecule has 3 amide bonds. The minimum Gasteiger partial charge on any atom is -0.452 e. The van der Waals surface area contributed by atoms with Crippen LogP contribution in [0, 0.1) is 5.92 Å². The molecule has 12 heteroatoms. The van der Waals surface area contributed by atoms with E-state index in [0.29, 0.717) is 42.3 Å². The number of pyridine rings is 3. The highest BCUT2D eigenvalue weighted by Crippen LogP contribution is 2.37. The molecule has 236 valence electrons. The fraction of sp³-hybridized carbons (Fsp3) is 0.200. The summed E-state index contributed by atoms with van der Waals surface area (Å²) in [5, 5.41) is 9.43. The number of piperidine rings is 1. The molecule has 1 saturated heterocycles. The Bertz CT molecular complexity index is 2000. The second-order valence-electron chi connectivity index (χ2n) is 11.5. The van der Waals surface area contributed by atoms with Crippen molar-refractivity contribution in [2.75, 3.05) is 28.6 Å². The van der Waals surface area contributed by atoms with E-state index in [9.17, 15) is 14.4 Å². The second-order valence-corrected chi connectivity index (χ2v) is 11.5. The molecular formula is C35H32N8O4. The Kier molecular flexibility index (Phi) is 8.05. The van der Waals surface area contributed by atoms with E-state index in [2.05, 4.69) is 35.8 Å². The lowest BCUT2D eigenvalue weighted by Gasteiger charge is -2.33. The molecule has 3 N–H and O–H groups in total. The van der Waals surface area contributed by atoms with Gasteiger partial charge in [0.2, 0.25) is 11.7 Å². The number of aromatic nitrogens is 4. The van der Waals surface area contributed by atoms with Crippen LogP contribution in [0.25, 0.3) is 17.1 Å². The molecule has 1 fully saturated rings. The first-order valence-electron chi connectivity index (χ1n) is 15.3. The summed E-state index contributed by atoms with van der Waals surface area (Å²) in [7, 11) is 1.92. The van der Waals surface area contributed by atoms with E-state index < -0.39 is 6.03 Å². The number of anilines is 3. The van der Waals surface area contributed by atoms with Crippen molar-refractivity contribution in [2.24, 2.45) is 13.0 Å². The molecule has 0 bridgehead atoms. The Morgan fingerprint density at radius 1 is 0.979 bits per heavy atom. The first-order valence-corrected chi connectivity index (χ1v) is 15.3. The van der Waals surface area contributed by atoms with Gasteiger partial charge in [-0.2, -0.15) is 0 Å². The third-order valence-corrected chi connectivity index (χ3v) is 8.42. The van der Waals surface area contributed by atoms with Gasteiger partial charge >= 0.3 is 6.03 Å². The Labute approximate surface area is 270 Å². The molecule has 0 spiro atoms. The molecule has 0 saturated carbocycles. The predicted octanol–water partition coefficient (Wildman–Crippen LogP) is 5.16. The summed E-state index contributed by atoms with van der Waals surface area (Å²) in [4.78, 5) is 53.8. The lowest BCUT2D eigenvalue weighted by atomic mass is 9.95. The molecule has 0 unspecified atom stereocenters. The monoisotopic (exact) mass is 628 g/mol. The summed E-state index contributed by atoms with van der Waals surface area (Å²) in [6, 6.07) is 13.7. The Balaban J connectivity index is 1.06. The van der Waals surface area contributed by atoms with Crippen LogP contribution in [0.5, 0.6) is 5.75 Å². The molecule has 1 aromatic carbocycles. The number of hydrogen-bond acceptors (Lipinski definition) is 8. The van der Waals surface area contributed by atoms with E-state index in [-0.39, 0.29) is 23.4 Å². The highest BCUT2D eigenvalue weighted by Gasteiger charge is 2.30. The Morgan fingerprint density at radius 2 is 1.79 bits per heavy atom. The molecule has 5 aromatic rings. The minimum atomic E-state index is -0.453. The number of rotatable bonds is 7. The van der Waals surface area contributed by atoms with Crippen LogP contribution in [0.3, 0.4) is 0 Å². The summed E-state index contributed by atoms with van der Waals surface area (Å²) in [6.45, 7) is 1.91. The van der Waals surface area contributed by atoms with Gasteiger partial charge in [0.15, 0.2) is 5.76 Å². The number of ketones is 1. The molecule has 4 aromatic heterocycles. The van der Waals surface area contributed by atoms with E-state index in [1.165, 1.54) is 6.20 Å². The average molecular weight is 629 g/mol. The van der Waals surface area contributed by atoms with Gasteiger partial charge in [-0.25, -0.2) is 9.78 Å². The summed E-state index contributed by atoms with van der Waals surface area (Å²) in [5.41, 5.74) is 4.95. The number of nitrogens with one attached hydrogen (secondary N) is 3. The number of Topliss-reactive ketones (excluding diaryl/α,β-unsaturated/α-hetero) is 1. The van der Waals surface area contributed by atoms with Crippen LogP contribution in [0.4, 0.5) is 21.9 Å². The van der Waals surface area contributed by atoms with Crippen molar-refractivity contribution in [3.05, 3.63) is 108 Å². The van der Waals surface area contributed by atoms with Crippen molar-refractivity contribution in [2.45, 2.75) is 19.4 Å². The van der Waals surface area contributed by atoms with Crippen LogP contribution in [-0.4, -0.2) is 50.3 Å². The number of aryl methyl sites for hydroxylation is 1. The molecule has 0 atom stereocenters. The lowest BCUT2D eigenvalue weighted by Crippen LogP contribution is -2.40. The highest BCUT2D eigenvalue weighted by atomic mass is 16.5. The maximum Gasteiger partial charge on any atom is 0.323 e.